The molecule has 0 aliphatic rings. The Kier molecular flexibility index (Phi) is 5.35. The third-order valence-corrected chi connectivity index (χ3v) is 2.13. The Labute approximate surface area is 97.7 Å². The molecule has 0 bridgehead atoms. The first-order valence-electron chi connectivity index (χ1n) is 5.21. The number of hydrogen-bond donors (Lipinski definition) is 2. The maximum atomic E-state index is 13.1. The predicted octanol–water partition coefficient (Wildman–Crippen LogP) is 1.50. The van der Waals surface area contributed by atoms with Crippen molar-refractivity contribution in [1.29, 1.82) is 0 Å². The van der Waals surface area contributed by atoms with Crippen LogP contribution in [0.15, 0.2) is 18.2 Å². The summed E-state index contributed by atoms with van der Waals surface area (Å²) in [7, 11) is 0. The van der Waals surface area contributed by atoms with Gasteiger partial charge >= 0.3 is 0 Å². The van der Waals surface area contributed by atoms with E-state index in [1.807, 2.05) is 5.43 Å². The number of amides is 1. The number of halogens is 2. The van der Waals surface area contributed by atoms with Gasteiger partial charge in [0, 0.05) is 6.42 Å². The van der Waals surface area contributed by atoms with Gasteiger partial charge in [-0.1, -0.05) is 6.07 Å². The summed E-state index contributed by atoms with van der Waals surface area (Å²) in [6, 6.07) is 3.74. The summed E-state index contributed by atoms with van der Waals surface area (Å²) in [5.74, 6) is 2.58. The van der Waals surface area contributed by atoms with Crippen molar-refractivity contribution in [2.45, 2.75) is 19.3 Å². The van der Waals surface area contributed by atoms with E-state index in [1.54, 1.807) is 0 Å². The smallest absolute Gasteiger partial charge is 0.233 e. The fraction of sp³-hybridized carbons (Fsp3) is 0.364. The van der Waals surface area contributed by atoms with Gasteiger partial charge in [0.15, 0.2) is 11.6 Å². The van der Waals surface area contributed by atoms with Crippen molar-refractivity contribution in [2.75, 3.05) is 6.61 Å². The van der Waals surface area contributed by atoms with Gasteiger partial charge in [0.2, 0.25) is 11.7 Å². The summed E-state index contributed by atoms with van der Waals surface area (Å²) >= 11 is 0. The van der Waals surface area contributed by atoms with Gasteiger partial charge < -0.3 is 4.74 Å². The molecule has 0 radical (unpaired) electrons. The van der Waals surface area contributed by atoms with Crippen molar-refractivity contribution >= 4 is 5.91 Å². The lowest BCUT2D eigenvalue weighted by Gasteiger charge is -2.07. The zero-order valence-electron chi connectivity index (χ0n) is 9.21. The van der Waals surface area contributed by atoms with Crippen molar-refractivity contribution in [1.82, 2.24) is 5.43 Å². The molecule has 0 atom stereocenters. The molecule has 0 fully saturated rings. The lowest BCUT2D eigenvalue weighted by molar-refractivity contribution is -0.121. The number of hydrogen-bond acceptors (Lipinski definition) is 3. The summed E-state index contributed by atoms with van der Waals surface area (Å²) in [6.45, 7) is 0.220. The van der Waals surface area contributed by atoms with Crippen molar-refractivity contribution in [3.05, 3.63) is 29.8 Å². The average Bonchev–Trinajstić information content (AvgIpc) is 2.33. The number of nitrogens with one attached hydrogen (secondary N) is 1. The molecule has 17 heavy (non-hydrogen) atoms. The first-order chi connectivity index (χ1) is 8.15. The van der Waals surface area contributed by atoms with Gasteiger partial charge in [0.25, 0.3) is 0 Å². The highest BCUT2D eigenvalue weighted by Crippen LogP contribution is 2.19. The quantitative estimate of drug-likeness (QED) is 0.345. The lowest BCUT2D eigenvalue weighted by Crippen LogP contribution is -2.29. The number of carbonyl (C=O) groups excluding carboxylic acids is 1. The van der Waals surface area contributed by atoms with Crippen molar-refractivity contribution < 1.29 is 18.3 Å². The predicted molar refractivity (Wildman–Crippen MR) is 58.0 cm³/mol. The average molecular weight is 244 g/mol. The van der Waals surface area contributed by atoms with Crippen LogP contribution in [0.25, 0.3) is 0 Å². The maximum Gasteiger partial charge on any atom is 0.233 e. The van der Waals surface area contributed by atoms with Crippen LogP contribution >= 0.6 is 0 Å². The topological polar surface area (TPSA) is 64.3 Å². The Morgan fingerprint density at radius 3 is 2.82 bits per heavy atom. The van der Waals surface area contributed by atoms with Crippen LogP contribution in [0.1, 0.15) is 19.3 Å². The largest absolute Gasteiger partial charge is 0.490 e. The Bertz CT molecular complexity index is 386. The molecule has 0 spiro atoms. The van der Waals surface area contributed by atoms with Crippen LogP contribution < -0.4 is 16.0 Å². The number of hydrazine groups is 1. The van der Waals surface area contributed by atoms with Crippen LogP contribution in [0.3, 0.4) is 0 Å². The minimum absolute atomic E-state index is 0.117. The summed E-state index contributed by atoms with van der Waals surface area (Å²) in [5, 5.41) is 0. The van der Waals surface area contributed by atoms with E-state index in [0.29, 0.717) is 12.8 Å². The second kappa shape index (κ2) is 6.80. The molecule has 4 nitrogen and oxygen atoms in total. The molecule has 3 N–H and O–H groups in total. The van der Waals surface area contributed by atoms with Gasteiger partial charge in [-0.3, -0.25) is 10.2 Å². The monoisotopic (exact) mass is 244 g/mol. The van der Waals surface area contributed by atoms with E-state index < -0.39 is 11.6 Å². The zero-order chi connectivity index (χ0) is 12.7. The van der Waals surface area contributed by atoms with E-state index in [1.165, 1.54) is 12.1 Å². The molecule has 0 aliphatic heterocycles. The molecule has 1 aromatic carbocycles. The summed E-state index contributed by atoms with van der Waals surface area (Å²) in [6.07, 6.45) is 1.41. The Morgan fingerprint density at radius 1 is 1.35 bits per heavy atom. The molecule has 0 saturated carbocycles. The van der Waals surface area contributed by atoms with Gasteiger partial charge in [0.1, 0.15) is 0 Å². The van der Waals surface area contributed by atoms with Crippen molar-refractivity contribution in [3.8, 4) is 5.75 Å². The van der Waals surface area contributed by atoms with Gasteiger partial charge in [-0.2, -0.15) is 4.39 Å². The summed E-state index contributed by atoms with van der Waals surface area (Å²) in [5.41, 5.74) is 2.00. The second-order valence-corrected chi connectivity index (χ2v) is 3.43. The normalized spacial score (nSPS) is 10.1. The van der Waals surface area contributed by atoms with Crippen molar-refractivity contribution in [2.24, 2.45) is 5.84 Å². The van der Waals surface area contributed by atoms with E-state index in [9.17, 15) is 13.6 Å². The van der Waals surface area contributed by atoms with E-state index in [-0.39, 0.29) is 24.7 Å². The molecule has 0 heterocycles. The molecule has 0 saturated heterocycles. The summed E-state index contributed by atoms with van der Waals surface area (Å²) in [4.78, 5) is 10.8. The molecule has 0 aliphatic carbocycles. The van der Waals surface area contributed by atoms with Gasteiger partial charge in [-0.05, 0) is 25.0 Å². The number of carbonyl (C=O) groups is 1. The van der Waals surface area contributed by atoms with E-state index in [0.717, 1.165) is 6.07 Å². The number of unbranched alkanes of at least 4 members (excludes halogenated alkanes) is 1. The summed E-state index contributed by atoms with van der Waals surface area (Å²) < 4.78 is 31.0. The number of benzene rings is 1. The standard InChI is InChI=1S/C11H14F2N2O2/c12-8-4-3-5-9(11(8)13)17-7-2-1-6-10(16)15-14/h3-5H,1-2,6-7,14H2,(H,15,16). The van der Waals surface area contributed by atoms with Crippen LogP contribution in [0.2, 0.25) is 0 Å². The number of nitrogens with two attached hydrogens (primary N) is 1. The number of ether oxygens (including phenoxy) is 1. The molecule has 0 aromatic heterocycles. The minimum Gasteiger partial charge on any atom is -0.490 e. The SMILES string of the molecule is NNC(=O)CCCCOc1cccc(F)c1F. The van der Waals surface area contributed by atoms with Crippen LogP contribution in [0.5, 0.6) is 5.75 Å². The Hall–Kier alpha value is -1.69. The fourth-order valence-electron chi connectivity index (χ4n) is 1.24. The van der Waals surface area contributed by atoms with Crippen LogP contribution in [0.4, 0.5) is 8.78 Å². The Morgan fingerprint density at radius 2 is 2.12 bits per heavy atom. The van der Waals surface area contributed by atoms with E-state index in [2.05, 4.69) is 0 Å². The molecule has 0 unspecified atom stereocenters. The zero-order valence-corrected chi connectivity index (χ0v) is 9.21. The van der Waals surface area contributed by atoms with E-state index in [4.69, 9.17) is 10.6 Å². The fourth-order valence-corrected chi connectivity index (χ4v) is 1.24. The van der Waals surface area contributed by atoms with E-state index >= 15 is 0 Å². The highest BCUT2D eigenvalue weighted by molar-refractivity contribution is 5.75. The molecular formula is C11H14F2N2O2. The third-order valence-electron chi connectivity index (χ3n) is 2.13. The second-order valence-electron chi connectivity index (χ2n) is 3.43. The van der Waals surface area contributed by atoms with Crippen LogP contribution in [0, 0.1) is 11.6 Å². The highest BCUT2D eigenvalue weighted by Gasteiger charge is 2.08. The first kappa shape index (κ1) is 13.4. The molecular weight excluding hydrogens is 230 g/mol. The molecule has 1 amide bonds. The minimum atomic E-state index is -0.993. The molecule has 1 aromatic rings. The van der Waals surface area contributed by atoms with Crippen LogP contribution in [-0.2, 0) is 4.79 Å². The lowest BCUT2D eigenvalue weighted by atomic mass is 10.2. The molecule has 1 rings (SSSR count). The first-order valence-corrected chi connectivity index (χ1v) is 5.21. The van der Waals surface area contributed by atoms with Gasteiger partial charge in [0.05, 0.1) is 6.61 Å². The maximum absolute atomic E-state index is 13.1. The third kappa shape index (κ3) is 4.36. The number of rotatable bonds is 6. The molecule has 94 valence electrons. The van der Waals surface area contributed by atoms with Gasteiger partial charge in [-0.15, -0.1) is 0 Å². The Balaban J connectivity index is 2.27. The van der Waals surface area contributed by atoms with Gasteiger partial charge in [-0.25, -0.2) is 10.2 Å². The highest BCUT2D eigenvalue weighted by atomic mass is 19.2. The molecule has 6 heteroatoms. The van der Waals surface area contributed by atoms with Crippen molar-refractivity contribution in [3.63, 3.8) is 0 Å². The van der Waals surface area contributed by atoms with Crippen LogP contribution in [-0.4, -0.2) is 12.5 Å².